The first-order chi connectivity index (χ1) is 22.4. The normalized spacial score (nSPS) is 9.98. The molecule has 16 nitrogen and oxygen atoms in total. The molecular weight excluding hydrogens is 684 g/mol. The van der Waals surface area contributed by atoms with E-state index in [-0.39, 0.29) is 28.9 Å². The van der Waals surface area contributed by atoms with Gasteiger partial charge < -0.3 is 23.2 Å². The maximum atomic E-state index is 11.8. The Balaban J connectivity index is 0.000000653. The molecule has 17 heteroatoms. The molecule has 0 unspecified atom stereocenters. The molecule has 0 radical (unpaired) electrons. The first kappa shape index (κ1) is 42.6. The van der Waals surface area contributed by atoms with Gasteiger partial charge in [0, 0.05) is 33.3 Å². The highest BCUT2D eigenvalue weighted by Gasteiger charge is 2.14. The predicted octanol–water partition coefficient (Wildman–Crippen LogP) is 2.40. The number of fused-ring (bicyclic) bond motifs is 2. The maximum absolute atomic E-state index is 11.8. The summed E-state index contributed by atoms with van der Waals surface area (Å²) in [6.45, 7) is 15.1. The lowest BCUT2D eigenvalue weighted by Gasteiger charge is -2.13. The van der Waals surface area contributed by atoms with E-state index < -0.39 is 33.7 Å². The molecule has 0 bridgehead atoms. The van der Waals surface area contributed by atoms with Crippen LogP contribution in [0.15, 0.2) is 49.7 Å². The highest BCUT2D eigenvalue weighted by Crippen LogP contribution is 2.11. The molecule has 47 heavy (non-hydrogen) atoms. The van der Waals surface area contributed by atoms with E-state index in [4.69, 9.17) is 18.8 Å². The van der Waals surface area contributed by atoms with Gasteiger partial charge in [0.1, 0.15) is 23.0 Å². The van der Waals surface area contributed by atoms with E-state index in [1.54, 1.807) is 27.0 Å². The molecule has 0 spiro atoms. The number of nitrogens with one attached hydrogen (secondary N) is 3. The number of ether oxygens (including phenoxy) is 2. The van der Waals surface area contributed by atoms with Crippen LogP contribution in [-0.4, -0.2) is 63.8 Å². The first-order valence-corrected chi connectivity index (χ1v) is 15.7. The van der Waals surface area contributed by atoms with Gasteiger partial charge >= 0.3 is 22.6 Å². The Morgan fingerprint density at radius 3 is 1.70 bits per heavy atom. The number of nitriles is 1. The molecule has 3 N–H and O–H groups in total. The van der Waals surface area contributed by atoms with Crippen LogP contribution in [0.25, 0.3) is 22.2 Å². The molecule has 4 rings (SSSR count). The molecule has 4 aromatic rings. The lowest BCUT2D eigenvalue weighted by atomic mass is 10.1. The number of H-pyrrole nitrogens is 3. The summed E-state index contributed by atoms with van der Waals surface area (Å²) in [5.74, 6) is 0. The molecule has 0 saturated heterocycles. The molecule has 0 aliphatic carbocycles. The summed E-state index contributed by atoms with van der Waals surface area (Å²) in [7, 11) is 3.03. The molecule has 260 valence electrons. The third kappa shape index (κ3) is 13.5. The average molecular weight is 728 g/mol. The summed E-state index contributed by atoms with van der Waals surface area (Å²) in [6, 6.07) is 4.25. The van der Waals surface area contributed by atoms with Crippen molar-refractivity contribution in [3.63, 3.8) is 0 Å². The second-order valence-electron chi connectivity index (χ2n) is 9.03. The number of rotatable bonds is 8. The van der Waals surface area contributed by atoms with Crippen molar-refractivity contribution >= 4 is 38.1 Å². The molecule has 0 fully saturated rings. The monoisotopic (exact) mass is 726 g/mol. The zero-order chi connectivity index (χ0) is 36.1. The Bertz CT molecular complexity index is 1910. The van der Waals surface area contributed by atoms with E-state index in [2.05, 4.69) is 61.3 Å². The van der Waals surface area contributed by atoms with Crippen LogP contribution in [0, 0.1) is 11.3 Å². The van der Waals surface area contributed by atoms with Gasteiger partial charge in [0.15, 0.2) is 0 Å². The third-order valence-corrected chi connectivity index (χ3v) is 6.61. The van der Waals surface area contributed by atoms with Crippen molar-refractivity contribution in [2.75, 3.05) is 39.4 Å². The number of alkyl halides is 1. The largest absolute Gasteiger partial charge is 0.405 e. The van der Waals surface area contributed by atoms with Gasteiger partial charge in [-0.3, -0.25) is 24.5 Å². The fraction of sp³-hybridized carbons (Fsp3) is 0.500. The number of hydrogen-bond donors (Lipinski definition) is 3. The van der Waals surface area contributed by atoms with Crippen LogP contribution in [0.2, 0.25) is 0 Å². The van der Waals surface area contributed by atoms with Gasteiger partial charge in [-0.2, -0.15) is 5.26 Å². The molecule has 0 aliphatic heterocycles. The van der Waals surface area contributed by atoms with Crippen LogP contribution < -0.4 is 33.7 Å². The van der Waals surface area contributed by atoms with Gasteiger partial charge in [0.2, 0.25) is 11.4 Å². The second-order valence-corrected chi connectivity index (χ2v) is 9.48. The number of aryl methyl sites for hydroxylation is 2. The molecule has 4 heterocycles. The molecule has 0 aromatic carbocycles. The summed E-state index contributed by atoms with van der Waals surface area (Å²) in [4.78, 5) is 77.2. The Labute approximate surface area is 278 Å². The van der Waals surface area contributed by atoms with Crippen LogP contribution in [0.3, 0.4) is 0 Å². The number of aromatic nitrogens is 4. The summed E-state index contributed by atoms with van der Waals surface area (Å²) >= 11 is 3.03. The second kappa shape index (κ2) is 23.0. The maximum Gasteiger partial charge on any atom is 0.337 e. The minimum Gasteiger partial charge on any atom is -0.405 e. The topological polar surface area (TPSA) is 226 Å². The minimum absolute atomic E-state index is 0.0602. The van der Waals surface area contributed by atoms with Crippen LogP contribution >= 0.6 is 15.9 Å². The fourth-order valence-electron chi connectivity index (χ4n) is 3.93. The van der Waals surface area contributed by atoms with Gasteiger partial charge in [0.05, 0.1) is 6.07 Å². The van der Waals surface area contributed by atoms with Crippen molar-refractivity contribution < 1.29 is 18.3 Å². The van der Waals surface area contributed by atoms with Crippen LogP contribution in [-0.2, 0) is 29.0 Å². The zero-order valence-corrected chi connectivity index (χ0v) is 29.5. The van der Waals surface area contributed by atoms with Crippen LogP contribution in [0.1, 0.15) is 52.7 Å². The number of halogens is 1. The van der Waals surface area contributed by atoms with E-state index in [1.807, 2.05) is 0 Å². The summed E-state index contributed by atoms with van der Waals surface area (Å²) in [5.41, 5.74) is -2.08. The van der Waals surface area contributed by atoms with Crippen LogP contribution in [0.4, 0.5) is 0 Å². The summed E-state index contributed by atoms with van der Waals surface area (Å²) < 4.78 is 20.1. The van der Waals surface area contributed by atoms with E-state index in [0.717, 1.165) is 4.57 Å². The summed E-state index contributed by atoms with van der Waals surface area (Å²) in [5, 5.41) is 7.74. The van der Waals surface area contributed by atoms with Crippen LogP contribution in [0.5, 0.6) is 0 Å². The van der Waals surface area contributed by atoms with Gasteiger partial charge in [-0.25, -0.2) is 23.7 Å². The Hall–Kier alpha value is -4.37. The third-order valence-electron chi connectivity index (χ3n) is 6.16. The molecular formula is C30H43BrN6O10. The number of hydrogen-bond acceptors (Lipinski definition) is 12. The fourth-order valence-corrected chi connectivity index (χ4v) is 3.93. The minimum atomic E-state index is -0.691. The standard InChI is InChI=1S/C11H12N2O5.C9H8N2O4.C6H15N.C2H5BrO.C2H3N/c1-3-6-4-7(14)18-10-8(6)9(15)12-11(16)13(10)5-17-2;1-2-4-3-5(12)15-8-6(4)7(13)10-9(14)11-8;1-4-7(5-2)6-3;1-4-2-3;1-2-3/h4H,3,5H2,1-2H3,(H,12,15,16);3H,2H2,1H3,(H2,10,11,13,14);4-6H2,1-3H3;2H2,1H3;1H3. The van der Waals surface area contributed by atoms with Crippen molar-refractivity contribution in [2.45, 2.75) is 61.1 Å². The van der Waals surface area contributed by atoms with E-state index in [1.165, 1.54) is 45.8 Å². The highest BCUT2D eigenvalue weighted by molar-refractivity contribution is 9.09. The Morgan fingerprint density at radius 2 is 1.28 bits per heavy atom. The first-order valence-electron chi connectivity index (χ1n) is 14.5. The lowest BCUT2D eigenvalue weighted by Crippen LogP contribution is -2.32. The van der Waals surface area contributed by atoms with Gasteiger partial charge in [-0.05, 0) is 43.6 Å². The van der Waals surface area contributed by atoms with Crippen molar-refractivity contribution in [1.29, 1.82) is 5.26 Å². The highest BCUT2D eigenvalue weighted by atomic mass is 79.9. The molecule has 0 aliphatic rings. The molecule has 4 aromatic heterocycles. The van der Waals surface area contributed by atoms with E-state index in [0.29, 0.717) is 29.5 Å². The number of aromatic amines is 3. The van der Waals surface area contributed by atoms with Gasteiger partial charge in [-0.1, -0.05) is 50.5 Å². The quantitative estimate of drug-likeness (QED) is 0.223. The molecule has 0 amide bonds. The van der Waals surface area contributed by atoms with E-state index in [9.17, 15) is 28.8 Å². The van der Waals surface area contributed by atoms with Crippen molar-refractivity contribution in [3.8, 4) is 6.07 Å². The van der Waals surface area contributed by atoms with Crippen molar-refractivity contribution in [2.24, 2.45) is 0 Å². The Kier molecular flexibility index (Phi) is 20.9. The predicted molar refractivity (Wildman–Crippen MR) is 182 cm³/mol. The Morgan fingerprint density at radius 1 is 0.809 bits per heavy atom. The number of nitrogens with zero attached hydrogens (tertiary/aromatic N) is 3. The molecule has 0 saturated carbocycles. The van der Waals surface area contributed by atoms with Crippen molar-refractivity contribution in [1.82, 2.24) is 24.4 Å². The SMILES string of the molecule is CC#N.CCN(CC)CC.CCc1cc(=O)oc2[nH]c(=O)[nH]c(=O)c12.CCc1cc(=O)oc2c1c(=O)[nH]c(=O)n2COC.COCBr. The average Bonchev–Trinajstić information content (AvgIpc) is 3.03. The van der Waals surface area contributed by atoms with Gasteiger partial charge in [0.25, 0.3) is 11.1 Å². The smallest absolute Gasteiger partial charge is 0.337 e. The zero-order valence-electron chi connectivity index (χ0n) is 27.9. The summed E-state index contributed by atoms with van der Waals surface area (Å²) in [6.07, 6.45) is 0.994. The van der Waals surface area contributed by atoms with Gasteiger partial charge in [-0.15, -0.1) is 0 Å². The number of methoxy groups -OCH3 is 2. The molecule has 0 atom stereocenters. The lowest BCUT2D eigenvalue weighted by molar-refractivity contribution is 0.127. The van der Waals surface area contributed by atoms with E-state index >= 15 is 0 Å². The van der Waals surface area contributed by atoms with Crippen molar-refractivity contribution in [3.05, 3.63) is 85.8 Å².